The molecule has 1 rings (SSSR count). The highest BCUT2D eigenvalue weighted by Crippen LogP contribution is 2.13. The Morgan fingerprint density at radius 1 is 1.38 bits per heavy atom. The lowest BCUT2D eigenvalue weighted by molar-refractivity contribution is -0.116. The molecule has 0 heterocycles. The molecule has 16 heavy (non-hydrogen) atoms. The standard InChI is InChI=1S/C12H13ClO2S/c1-2-3-4-11(14)9-16(15)12-7-5-10(13)6-8-12/h2,5-8H,1,3-4,9H2. The van der Waals surface area contributed by atoms with Gasteiger partial charge in [-0.2, -0.15) is 0 Å². The number of benzene rings is 1. The Hall–Kier alpha value is -0.930. The summed E-state index contributed by atoms with van der Waals surface area (Å²) >= 11 is 5.71. The molecular formula is C12H13ClO2S. The molecule has 0 aliphatic heterocycles. The van der Waals surface area contributed by atoms with Crippen molar-refractivity contribution in [2.75, 3.05) is 5.75 Å². The van der Waals surface area contributed by atoms with Crippen molar-refractivity contribution < 1.29 is 9.00 Å². The van der Waals surface area contributed by atoms with E-state index < -0.39 is 10.8 Å². The average molecular weight is 257 g/mol. The monoisotopic (exact) mass is 256 g/mol. The van der Waals surface area contributed by atoms with Gasteiger partial charge >= 0.3 is 0 Å². The fourth-order valence-electron chi connectivity index (χ4n) is 1.15. The summed E-state index contributed by atoms with van der Waals surface area (Å²) in [6, 6.07) is 6.70. The number of ketones is 1. The van der Waals surface area contributed by atoms with E-state index in [-0.39, 0.29) is 11.5 Å². The van der Waals surface area contributed by atoms with Crippen LogP contribution in [-0.4, -0.2) is 15.7 Å². The molecule has 0 aromatic heterocycles. The van der Waals surface area contributed by atoms with Gasteiger partial charge in [-0.25, -0.2) is 0 Å². The van der Waals surface area contributed by atoms with E-state index in [1.54, 1.807) is 30.3 Å². The molecule has 0 saturated heterocycles. The van der Waals surface area contributed by atoms with E-state index >= 15 is 0 Å². The zero-order valence-electron chi connectivity index (χ0n) is 8.82. The number of carbonyl (C=O) groups is 1. The highest BCUT2D eigenvalue weighted by Gasteiger charge is 2.09. The van der Waals surface area contributed by atoms with Crippen LogP contribution in [0.25, 0.3) is 0 Å². The van der Waals surface area contributed by atoms with Crippen molar-refractivity contribution in [2.45, 2.75) is 17.7 Å². The smallest absolute Gasteiger partial charge is 0.146 e. The predicted molar refractivity (Wildman–Crippen MR) is 67.2 cm³/mol. The van der Waals surface area contributed by atoms with E-state index in [1.165, 1.54) is 0 Å². The molecule has 0 N–H and O–H groups in total. The number of rotatable bonds is 6. The van der Waals surface area contributed by atoms with E-state index in [2.05, 4.69) is 6.58 Å². The Morgan fingerprint density at radius 2 is 2.00 bits per heavy atom. The molecule has 0 aliphatic carbocycles. The first-order valence-electron chi connectivity index (χ1n) is 4.90. The number of Topliss-reactive ketones (excluding diaryl/α,β-unsaturated/α-hetero) is 1. The largest absolute Gasteiger partial charge is 0.299 e. The molecule has 4 heteroatoms. The fourth-order valence-corrected chi connectivity index (χ4v) is 2.32. The van der Waals surface area contributed by atoms with Crippen LogP contribution in [0.4, 0.5) is 0 Å². The van der Waals surface area contributed by atoms with Crippen molar-refractivity contribution in [3.8, 4) is 0 Å². The fraction of sp³-hybridized carbons (Fsp3) is 0.250. The van der Waals surface area contributed by atoms with Crippen LogP contribution in [0.5, 0.6) is 0 Å². The molecule has 1 aromatic carbocycles. The quantitative estimate of drug-likeness (QED) is 0.734. The van der Waals surface area contributed by atoms with Gasteiger partial charge in [0.2, 0.25) is 0 Å². The van der Waals surface area contributed by atoms with Gasteiger partial charge in [0.25, 0.3) is 0 Å². The molecule has 0 radical (unpaired) electrons. The van der Waals surface area contributed by atoms with Gasteiger partial charge in [-0.05, 0) is 30.7 Å². The van der Waals surface area contributed by atoms with Gasteiger partial charge < -0.3 is 0 Å². The topological polar surface area (TPSA) is 34.1 Å². The molecule has 0 spiro atoms. The van der Waals surface area contributed by atoms with Gasteiger partial charge in [0, 0.05) is 16.3 Å². The van der Waals surface area contributed by atoms with Gasteiger partial charge in [0.05, 0.1) is 16.6 Å². The van der Waals surface area contributed by atoms with Crippen molar-refractivity contribution in [3.05, 3.63) is 41.9 Å². The normalized spacial score (nSPS) is 12.1. The number of hydrogen-bond donors (Lipinski definition) is 0. The minimum absolute atomic E-state index is 0.00631. The Bertz CT molecular complexity index is 398. The second kappa shape index (κ2) is 6.61. The zero-order chi connectivity index (χ0) is 12.0. The predicted octanol–water partition coefficient (Wildman–Crippen LogP) is 2.98. The third-order valence-corrected chi connectivity index (χ3v) is 3.63. The molecule has 0 fully saturated rings. The van der Waals surface area contributed by atoms with E-state index in [4.69, 9.17) is 11.6 Å². The van der Waals surface area contributed by atoms with E-state index in [1.807, 2.05) is 0 Å². The van der Waals surface area contributed by atoms with Crippen LogP contribution < -0.4 is 0 Å². The maximum atomic E-state index is 11.8. The molecule has 2 nitrogen and oxygen atoms in total. The Balaban J connectivity index is 2.55. The van der Waals surface area contributed by atoms with Crippen LogP contribution in [0.3, 0.4) is 0 Å². The van der Waals surface area contributed by atoms with Crippen molar-refractivity contribution in [1.29, 1.82) is 0 Å². The molecule has 1 atom stereocenters. The van der Waals surface area contributed by atoms with Crippen molar-refractivity contribution >= 4 is 28.2 Å². The first-order valence-corrected chi connectivity index (χ1v) is 6.59. The first-order chi connectivity index (χ1) is 7.63. The zero-order valence-corrected chi connectivity index (χ0v) is 10.4. The van der Waals surface area contributed by atoms with E-state index in [0.29, 0.717) is 22.8 Å². The molecule has 0 saturated carbocycles. The molecule has 1 unspecified atom stereocenters. The Labute approximate surface area is 103 Å². The minimum atomic E-state index is -1.27. The SMILES string of the molecule is C=CCCC(=O)CS(=O)c1ccc(Cl)cc1. The van der Waals surface area contributed by atoms with Crippen LogP contribution in [0.1, 0.15) is 12.8 Å². The summed E-state index contributed by atoms with van der Waals surface area (Å²) < 4.78 is 11.8. The van der Waals surface area contributed by atoms with Gasteiger partial charge in [-0.1, -0.05) is 17.7 Å². The van der Waals surface area contributed by atoms with Crippen LogP contribution in [-0.2, 0) is 15.6 Å². The third kappa shape index (κ3) is 4.29. The lowest BCUT2D eigenvalue weighted by Crippen LogP contribution is -2.10. The Morgan fingerprint density at radius 3 is 2.56 bits per heavy atom. The van der Waals surface area contributed by atoms with Crippen molar-refractivity contribution in [1.82, 2.24) is 0 Å². The summed E-state index contributed by atoms with van der Waals surface area (Å²) in [7, 11) is -1.27. The summed E-state index contributed by atoms with van der Waals surface area (Å²) in [5.41, 5.74) is 0. The summed E-state index contributed by atoms with van der Waals surface area (Å²) in [5.74, 6) is 0.0586. The summed E-state index contributed by atoms with van der Waals surface area (Å²) in [5, 5.41) is 0.596. The lowest BCUT2D eigenvalue weighted by Gasteiger charge is -2.01. The van der Waals surface area contributed by atoms with Crippen LogP contribution in [0.15, 0.2) is 41.8 Å². The average Bonchev–Trinajstić information content (AvgIpc) is 2.27. The van der Waals surface area contributed by atoms with Crippen molar-refractivity contribution in [2.24, 2.45) is 0 Å². The second-order valence-electron chi connectivity index (χ2n) is 3.31. The van der Waals surface area contributed by atoms with Crippen LogP contribution in [0, 0.1) is 0 Å². The maximum absolute atomic E-state index is 11.8. The molecule has 86 valence electrons. The molecule has 0 bridgehead atoms. The molecular weight excluding hydrogens is 244 g/mol. The van der Waals surface area contributed by atoms with E-state index in [0.717, 1.165) is 0 Å². The van der Waals surface area contributed by atoms with E-state index in [9.17, 15) is 9.00 Å². The van der Waals surface area contributed by atoms with Gasteiger partial charge in [0.1, 0.15) is 5.78 Å². The van der Waals surface area contributed by atoms with Crippen molar-refractivity contribution in [3.63, 3.8) is 0 Å². The molecule has 0 amide bonds. The van der Waals surface area contributed by atoms with Crippen LogP contribution >= 0.6 is 11.6 Å². The first kappa shape index (κ1) is 13.1. The third-order valence-electron chi connectivity index (χ3n) is 2.00. The number of hydrogen-bond acceptors (Lipinski definition) is 2. The summed E-state index contributed by atoms with van der Waals surface area (Å²) in [4.78, 5) is 12.0. The highest BCUT2D eigenvalue weighted by molar-refractivity contribution is 7.85. The maximum Gasteiger partial charge on any atom is 0.146 e. The lowest BCUT2D eigenvalue weighted by atomic mass is 10.2. The number of carbonyl (C=O) groups excluding carboxylic acids is 1. The number of allylic oxidation sites excluding steroid dienone is 1. The van der Waals surface area contributed by atoms with Gasteiger partial charge in [0.15, 0.2) is 0 Å². The highest BCUT2D eigenvalue weighted by atomic mass is 35.5. The molecule has 0 aliphatic rings. The number of halogens is 1. The van der Waals surface area contributed by atoms with Gasteiger partial charge in [-0.15, -0.1) is 6.58 Å². The van der Waals surface area contributed by atoms with Gasteiger partial charge in [-0.3, -0.25) is 9.00 Å². The molecule has 1 aromatic rings. The van der Waals surface area contributed by atoms with Crippen LogP contribution in [0.2, 0.25) is 5.02 Å². The summed E-state index contributed by atoms with van der Waals surface area (Å²) in [6.07, 6.45) is 2.72. The second-order valence-corrected chi connectivity index (χ2v) is 5.20. The minimum Gasteiger partial charge on any atom is -0.299 e. The summed E-state index contributed by atoms with van der Waals surface area (Å²) in [6.45, 7) is 3.54. The Kier molecular flexibility index (Phi) is 5.43.